The van der Waals surface area contributed by atoms with E-state index < -0.39 is 27.0 Å². The zero-order valence-corrected chi connectivity index (χ0v) is 21.8. The zero-order valence-electron chi connectivity index (χ0n) is 20.1. The van der Waals surface area contributed by atoms with Crippen LogP contribution >= 0.6 is 11.3 Å². The van der Waals surface area contributed by atoms with Gasteiger partial charge < -0.3 is 14.4 Å². The molecule has 1 aliphatic heterocycles. The molecule has 3 aromatic heterocycles. The molecule has 12 nitrogen and oxygen atoms in total. The molecule has 0 spiro atoms. The first-order chi connectivity index (χ1) is 18.2. The van der Waals surface area contributed by atoms with Gasteiger partial charge in [-0.15, -0.1) is 10.2 Å². The number of rotatable bonds is 7. The second-order valence-electron chi connectivity index (χ2n) is 9.27. The summed E-state index contributed by atoms with van der Waals surface area (Å²) in [5, 5.41) is 21.5. The Morgan fingerprint density at radius 1 is 1.16 bits per heavy atom. The van der Waals surface area contributed by atoms with Crippen molar-refractivity contribution in [1.29, 1.82) is 5.26 Å². The van der Waals surface area contributed by atoms with Crippen molar-refractivity contribution in [2.24, 2.45) is 7.05 Å². The van der Waals surface area contributed by atoms with Gasteiger partial charge in [0.15, 0.2) is 5.01 Å². The van der Waals surface area contributed by atoms with E-state index in [9.17, 15) is 22.5 Å². The van der Waals surface area contributed by atoms with E-state index >= 15 is 0 Å². The van der Waals surface area contributed by atoms with Gasteiger partial charge in [0.1, 0.15) is 5.54 Å². The van der Waals surface area contributed by atoms with Gasteiger partial charge in [0, 0.05) is 56.7 Å². The predicted molar refractivity (Wildman–Crippen MR) is 135 cm³/mol. The summed E-state index contributed by atoms with van der Waals surface area (Å²) in [4.78, 5) is 8.58. The maximum absolute atomic E-state index is 13.4. The first-order valence-corrected chi connectivity index (χ1v) is 14.1. The molecule has 4 aromatic rings. The molecule has 1 saturated carbocycles. The van der Waals surface area contributed by atoms with Gasteiger partial charge in [0.05, 0.1) is 22.7 Å². The fourth-order valence-corrected chi connectivity index (χ4v) is 6.63. The number of benzene rings is 1. The average molecular weight is 561 g/mol. The fraction of sp³-hybridized carbons (Fsp3) is 0.409. The Labute approximate surface area is 220 Å². The Morgan fingerprint density at radius 2 is 1.89 bits per heavy atom. The van der Waals surface area contributed by atoms with E-state index in [2.05, 4.69) is 34.8 Å². The molecule has 4 heterocycles. The molecule has 38 heavy (non-hydrogen) atoms. The molecule has 0 radical (unpaired) electrons. The topological polar surface area (TPSA) is 138 Å². The number of alkyl halides is 2. The number of fused-ring (bicyclic) bond motifs is 1. The van der Waals surface area contributed by atoms with E-state index in [1.807, 2.05) is 23.9 Å². The number of nitriles is 1. The highest BCUT2D eigenvalue weighted by Crippen LogP contribution is 2.38. The molecule has 2 fully saturated rings. The highest BCUT2D eigenvalue weighted by molar-refractivity contribution is 7.89. The summed E-state index contributed by atoms with van der Waals surface area (Å²) in [7, 11) is -2.15. The molecule has 0 amide bonds. The number of anilines is 2. The summed E-state index contributed by atoms with van der Waals surface area (Å²) in [6.45, 7) is 2.48. The number of piperazine rings is 1. The quantitative estimate of drug-likeness (QED) is 0.361. The first kappa shape index (κ1) is 24.6. The van der Waals surface area contributed by atoms with Crippen LogP contribution in [0.4, 0.5) is 20.4 Å². The van der Waals surface area contributed by atoms with E-state index in [-0.39, 0.29) is 10.0 Å². The van der Waals surface area contributed by atoms with E-state index in [1.54, 1.807) is 18.5 Å². The van der Waals surface area contributed by atoms with Crippen LogP contribution < -0.4 is 14.5 Å². The van der Waals surface area contributed by atoms with Crippen LogP contribution in [0.3, 0.4) is 0 Å². The van der Waals surface area contributed by atoms with Crippen molar-refractivity contribution in [3.05, 3.63) is 35.7 Å². The largest absolute Gasteiger partial charge is 0.367 e. The van der Waals surface area contributed by atoms with Crippen molar-refractivity contribution in [3.63, 3.8) is 0 Å². The Bertz CT molecular complexity index is 1660. The lowest BCUT2D eigenvalue weighted by molar-refractivity contribution is 0.150. The third-order valence-corrected chi connectivity index (χ3v) is 9.16. The van der Waals surface area contributed by atoms with E-state index in [1.165, 1.54) is 10.7 Å². The average Bonchev–Trinajstić information content (AvgIpc) is 3.27. The van der Waals surface area contributed by atoms with Gasteiger partial charge in [0.2, 0.25) is 21.1 Å². The minimum Gasteiger partial charge on any atom is -0.367 e. The van der Waals surface area contributed by atoms with Crippen molar-refractivity contribution in [2.45, 2.75) is 29.7 Å². The summed E-state index contributed by atoms with van der Waals surface area (Å²) in [6, 6.07) is 5.04. The van der Waals surface area contributed by atoms with Crippen LogP contribution in [-0.4, -0.2) is 69.7 Å². The Hall–Kier alpha value is -3.68. The molecule has 1 N–H and O–H groups in total. The Kier molecular flexibility index (Phi) is 5.81. The summed E-state index contributed by atoms with van der Waals surface area (Å²) in [5.74, 6) is 0.848. The van der Waals surface area contributed by atoms with Crippen LogP contribution in [0.15, 0.2) is 35.6 Å². The fourth-order valence-electron chi connectivity index (χ4n) is 4.54. The molecule has 0 unspecified atom stereocenters. The lowest BCUT2D eigenvalue weighted by Gasteiger charge is -2.37. The third-order valence-electron chi connectivity index (χ3n) is 6.74. The maximum Gasteiger partial charge on any atom is 0.291 e. The van der Waals surface area contributed by atoms with Crippen LogP contribution in [0, 0.1) is 11.3 Å². The van der Waals surface area contributed by atoms with Crippen molar-refractivity contribution in [2.75, 3.05) is 36.0 Å². The molecule has 1 aromatic carbocycles. The van der Waals surface area contributed by atoms with Gasteiger partial charge in [0.25, 0.3) is 6.43 Å². The normalized spacial score (nSPS) is 17.3. The Balaban J connectivity index is 1.41. The highest BCUT2D eigenvalue weighted by atomic mass is 32.2. The van der Waals surface area contributed by atoms with Gasteiger partial charge in [-0.3, -0.25) is 0 Å². The van der Waals surface area contributed by atoms with Crippen LogP contribution in [0.1, 0.15) is 24.3 Å². The molecular weight excluding hydrogens is 538 g/mol. The Morgan fingerprint density at radius 3 is 2.50 bits per heavy atom. The molecule has 0 atom stereocenters. The number of nitrogens with zero attached hydrogens (tertiary/aromatic N) is 9. The van der Waals surface area contributed by atoms with Crippen LogP contribution in [0.2, 0.25) is 0 Å². The molecule has 1 aliphatic carbocycles. The molecule has 1 saturated heterocycles. The second-order valence-corrected chi connectivity index (χ2v) is 11.9. The summed E-state index contributed by atoms with van der Waals surface area (Å²) in [6.07, 6.45) is 3.28. The molecule has 16 heteroatoms. The number of imidazole rings is 1. The lowest BCUT2D eigenvalue weighted by atomic mass is 10.1. The van der Waals surface area contributed by atoms with E-state index in [0.717, 1.165) is 5.95 Å². The molecular formula is C22H22F2N10O2S2. The highest BCUT2D eigenvalue weighted by Gasteiger charge is 2.47. The van der Waals surface area contributed by atoms with Gasteiger partial charge in [-0.05, 0) is 25.0 Å². The number of aryl methyl sites for hydroxylation is 1. The molecule has 6 rings (SSSR count). The molecule has 198 valence electrons. The lowest BCUT2D eigenvalue weighted by Crippen LogP contribution is -2.47. The van der Waals surface area contributed by atoms with E-state index in [4.69, 9.17) is 0 Å². The zero-order chi connectivity index (χ0) is 26.7. The van der Waals surface area contributed by atoms with Crippen molar-refractivity contribution in [1.82, 2.24) is 34.3 Å². The van der Waals surface area contributed by atoms with Gasteiger partial charge >= 0.3 is 0 Å². The smallest absolute Gasteiger partial charge is 0.291 e. The van der Waals surface area contributed by atoms with Crippen molar-refractivity contribution in [3.8, 4) is 11.2 Å². The number of hydrogen-bond donors (Lipinski definition) is 1. The monoisotopic (exact) mass is 560 g/mol. The standard InChI is InChI=1S/C22H22F2N10O2S2/c1-31-5-4-26-20(31)33-8-6-32(7-9-33)16-10-14(38(35,36)30-22(13-25)2-3-22)11-17-15(16)12-27-34(17)21-29-28-19(37-21)18(23)24/h4-5,10-12,18,30H,2-3,6-9H2,1H3. The van der Waals surface area contributed by atoms with Crippen LogP contribution in [-0.2, 0) is 17.1 Å². The van der Waals surface area contributed by atoms with Crippen LogP contribution in [0.25, 0.3) is 16.0 Å². The van der Waals surface area contributed by atoms with Crippen molar-refractivity contribution < 1.29 is 17.2 Å². The van der Waals surface area contributed by atoms with Gasteiger partial charge in [-0.25, -0.2) is 26.9 Å². The number of sulfonamides is 1. The number of hydrogen-bond acceptors (Lipinski definition) is 10. The summed E-state index contributed by atoms with van der Waals surface area (Å²) < 4.78 is 58.9. The molecule has 2 aliphatic rings. The maximum atomic E-state index is 13.4. The van der Waals surface area contributed by atoms with Crippen molar-refractivity contribution >= 4 is 43.9 Å². The number of nitrogens with one attached hydrogen (secondary N) is 1. The minimum atomic E-state index is -4.07. The number of aromatic nitrogens is 6. The third kappa shape index (κ3) is 4.25. The predicted octanol–water partition coefficient (Wildman–Crippen LogP) is 2.21. The number of halogens is 2. The van der Waals surface area contributed by atoms with E-state index in [0.29, 0.717) is 66.9 Å². The summed E-state index contributed by atoms with van der Waals surface area (Å²) in [5.41, 5.74) is -0.0880. The molecule has 0 bridgehead atoms. The minimum absolute atomic E-state index is 0.0478. The SMILES string of the molecule is Cn1ccnc1N1CCN(c2cc(S(=O)(=O)NC3(C#N)CC3)cc3c2cnn3-c2nnc(C(F)F)s2)CC1. The van der Waals surface area contributed by atoms with Gasteiger partial charge in [-0.2, -0.15) is 15.1 Å². The second kappa shape index (κ2) is 8.96. The summed E-state index contributed by atoms with van der Waals surface area (Å²) >= 11 is 0.683. The first-order valence-electron chi connectivity index (χ1n) is 11.8. The van der Waals surface area contributed by atoms with Crippen LogP contribution in [0.5, 0.6) is 0 Å². The van der Waals surface area contributed by atoms with Gasteiger partial charge in [-0.1, -0.05) is 11.3 Å².